The number of nitrogens with one attached hydrogen (secondary N) is 1. The lowest BCUT2D eigenvalue weighted by molar-refractivity contribution is -0.145. The fraction of sp³-hybridized carbons (Fsp3) is 0.235. The Morgan fingerprint density at radius 1 is 1.08 bits per heavy atom. The summed E-state index contributed by atoms with van der Waals surface area (Å²) in [7, 11) is 0. The van der Waals surface area contributed by atoms with Crippen molar-refractivity contribution in [3.63, 3.8) is 0 Å². The molecule has 1 saturated carbocycles. The van der Waals surface area contributed by atoms with E-state index >= 15 is 0 Å². The molecule has 1 fully saturated rings. The predicted molar refractivity (Wildman–Crippen MR) is 88.4 cm³/mol. The molecule has 0 unspecified atom stereocenters. The van der Waals surface area contributed by atoms with Crippen LogP contribution in [0.5, 0.6) is 0 Å². The van der Waals surface area contributed by atoms with Crippen LogP contribution in [0.25, 0.3) is 22.3 Å². The number of nitrogens with zero attached hydrogens (tertiary/aromatic N) is 4. The first-order chi connectivity index (χ1) is 11.7. The molecular weight excluding hydrogens is 306 g/mol. The number of pyridine rings is 2. The van der Waals surface area contributed by atoms with E-state index in [1.54, 1.807) is 30.9 Å². The Morgan fingerprint density at radius 3 is 2.50 bits per heavy atom. The molecule has 2 N–H and O–H groups in total. The number of hydrogen-bond donors (Lipinski definition) is 2. The Morgan fingerprint density at radius 2 is 1.83 bits per heavy atom. The maximum atomic E-state index is 11.7. The highest BCUT2D eigenvalue weighted by Gasteiger charge is 2.45. The minimum Gasteiger partial charge on any atom is -0.480 e. The maximum absolute atomic E-state index is 11.7. The van der Waals surface area contributed by atoms with Crippen LogP contribution in [0, 0.1) is 0 Å². The minimum absolute atomic E-state index is 0.514. The average Bonchev–Trinajstić information content (AvgIpc) is 2.58. The van der Waals surface area contributed by atoms with Gasteiger partial charge in [-0.25, -0.2) is 14.8 Å². The lowest BCUT2D eigenvalue weighted by atomic mass is 9.76. The molecular formula is C17H15N5O2. The first kappa shape index (κ1) is 14.5. The van der Waals surface area contributed by atoms with Crippen LogP contribution in [0.15, 0.2) is 43.0 Å². The fourth-order valence-electron chi connectivity index (χ4n) is 2.86. The first-order valence-electron chi connectivity index (χ1n) is 7.72. The van der Waals surface area contributed by atoms with Crippen molar-refractivity contribution in [1.82, 2.24) is 19.9 Å². The van der Waals surface area contributed by atoms with E-state index < -0.39 is 11.5 Å². The molecule has 3 aromatic rings. The van der Waals surface area contributed by atoms with Crippen LogP contribution < -0.4 is 5.32 Å². The monoisotopic (exact) mass is 321 g/mol. The highest BCUT2D eigenvalue weighted by Crippen LogP contribution is 2.37. The van der Waals surface area contributed by atoms with E-state index in [0.717, 1.165) is 17.4 Å². The zero-order valence-corrected chi connectivity index (χ0v) is 12.8. The van der Waals surface area contributed by atoms with Crippen molar-refractivity contribution in [2.75, 3.05) is 5.32 Å². The summed E-state index contributed by atoms with van der Waals surface area (Å²) in [5.74, 6) is 0.191. The van der Waals surface area contributed by atoms with Crippen LogP contribution in [0.4, 0.5) is 5.82 Å². The molecule has 0 amide bonds. The topological polar surface area (TPSA) is 101 Å². The van der Waals surface area contributed by atoms with Gasteiger partial charge in [-0.1, -0.05) is 0 Å². The van der Waals surface area contributed by atoms with Gasteiger partial charge in [-0.05, 0) is 37.5 Å². The zero-order chi connectivity index (χ0) is 16.6. The molecule has 0 spiro atoms. The van der Waals surface area contributed by atoms with Crippen LogP contribution in [0.3, 0.4) is 0 Å². The maximum Gasteiger partial charge on any atom is 0.329 e. The Kier molecular flexibility index (Phi) is 3.34. The normalized spacial score (nSPS) is 15.7. The molecule has 0 aromatic carbocycles. The summed E-state index contributed by atoms with van der Waals surface area (Å²) in [6.07, 6.45) is 8.71. The molecule has 3 aromatic heterocycles. The van der Waals surface area contributed by atoms with Crippen molar-refractivity contribution in [2.45, 2.75) is 24.8 Å². The molecule has 0 atom stereocenters. The highest BCUT2D eigenvalue weighted by atomic mass is 16.4. The van der Waals surface area contributed by atoms with Crippen molar-refractivity contribution >= 4 is 22.7 Å². The number of carboxylic acids is 1. The molecule has 0 aliphatic heterocycles. The molecule has 3 heterocycles. The second-order valence-corrected chi connectivity index (χ2v) is 5.89. The van der Waals surface area contributed by atoms with Gasteiger partial charge in [-0.3, -0.25) is 9.97 Å². The Balaban J connectivity index is 1.85. The number of carbonyl (C=O) groups is 1. The van der Waals surface area contributed by atoms with Crippen molar-refractivity contribution in [3.05, 3.63) is 43.0 Å². The number of aliphatic carboxylic acids is 1. The summed E-state index contributed by atoms with van der Waals surface area (Å²) in [5, 5.41) is 13.5. The van der Waals surface area contributed by atoms with Crippen LogP contribution >= 0.6 is 0 Å². The number of carboxylic acid groups (broad SMARTS) is 1. The number of aromatic nitrogens is 4. The Labute approximate surface area is 137 Å². The molecule has 24 heavy (non-hydrogen) atoms. The standard InChI is InChI=1S/C17H15N5O2/c23-16(24)17(5-1-6-17)22-15-12-4-9-19-10-13(12)20-14(21-15)11-2-7-18-8-3-11/h2-4,7-10H,1,5-6H2,(H,23,24)(H,20,21,22). The molecule has 0 bridgehead atoms. The van der Waals surface area contributed by atoms with Gasteiger partial charge >= 0.3 is 5.97 Å². The predicted octanol–water partition coefficient (Wildman–Crippen LogP) is 2.51. The van der Waals surface area contributed by atoms with Gasteiger partial charge in [0.05, 0.1) is 11.7 Å². The van der Waals surface area contributed by atoms with Gasteiger partial charge in [0.2, 0.25) is 0 Å². The fourth-order valence-corrected chi connectivity index (χ4v) is 2.86. The molecule has 0 saturated heterocycles. The van der Waals surface area contributed by atoms with Gasteiger partial charge in [-0.15, -0.1) is 0 Å². The molecule has 120 valence electrons. The van der Waals surface area contributed by atoms with E-state index in [4.69, 9.17) is 0 Å². The first-order valence-corrected chi connectivity index (χ1v) is 7.72. The molecule has 0 radical (unpaired) electrons. The van der Waals surface area contributed by atoms with Crippen LogP contribution in [0.2, 0.25) is 0 Å². The van der Waals surface area contributed by atoms with Crippen molar-refractivity contribution < 1.29 is 9.90 Å². The number of fused-ring (bicyclic) bond motifs is 1. The van der Waals surface area contributed by atoms with Gasteiger partial charge in [-0.2, -0.15) is 0 Å². The van der Waals surface area contributed by atoms with Crippen LogP contribution in [-0.2, 0) is 4.79 Å². The van der Waals surface area contributed by atoms with Gasteiger partial charge in [0.15, 0.2) is 5.82 Å². The Hall–Kier alpha value is -3.09. The summed E-state index contributed by atoms with van der Waals surface area (Å²) >= 11 is 0. The van der Waals surface area contributed by atoms with Crippen LogP contribution in [0.1, 0.15) is 19.3 Å². The third-order valence-electron chi connectivity index (χ3n) is 4.41. The van der Waals surface area contributed by atoms with E-state index in [1.807, 2.05) is 12.1 Å². The van der Waals surface area contributed by atoms with E-state index in [2.05, 4.69) is 25.3 Å². The summed E-state index contributed by atoms with van der Waals surface area (Å²) < 4.78 is 0. The molecule has 4 rings (SSSR count). The summed E-state index contributed by atoms with van der Waals surface area (Å²) in [4.78, 5) is 28.9. The van der Waals surface area contributed by atoms with Crippen molar-refractivity contribution in [1.29, 1.82) is 0 Å². The average molecular weight is 321 g/mol. The minimum atomic E-state index is -0.944. The summed E-state index contributed by atoms with van der Waals surface area (Å²) in [6, 6.07) is 5.43. The molecule has 7 heteroatoms. The lowest BCUT2D eigenvalue weighted by Crippen LogP contribution is -2.52. The highest BCUT2D eigenvalue weighted by molar-refractivity contribution is 5.93. The van der Waals surface area contributed by atoms with Gasteiger partial charge in [0.1, 0.15) is 11.4 Å². The number of anilines is 1. The van der Waals surface area contributed by atoms with E-state index in [9.17, 15) is 9.90 Å². The Bertz CT molecular complexity index is 909. The summed E-state index contributed by atoms with van der Waals surface area (Å²) in [5.41, 5.74) is 0.540. The van der Waals surface area contributed by atoms with Gasteiger partial charge < -0.3 is 10.4 Å². The van der Waals surface area contributed by atoms with Crippen LogP contribution in [-0.4, -0.2) is 36.6 Å². The van der Waals surface area contributed by atoms with Gasteiger partial charge in [0, 0.05) is 29.5 Å². The largest absolute Gasteiger partial charge is 0.480 e. The molecule has 1 aliphatic rings. The van der Waals surface area contributed by atoms with E-state index in [-0.39, 0.29) is 0 Å². The van der Waals surface area contributed by atoms with Crippen molar-refractivity contribution in [3.8, 4) is 11.4 Å². The number of rotatable bonds is 4. The SMILES string of the molecule is O=C(O)C1(Nc2nc(-c3ccncc3)nc3cnccc23)CCC1. The van der Waals surface area contributed by atoms with E-state index in [0.29, 0.717) is 30.0 Å². The molecule has 7 nitrogen and oxygen atoms in total. The van der Waals surface area contributed by atoms with Gasteiger partial charge in [0.25, 0.3) is 0 Å². The number of hydrogen-bond acceptors (Lipinski definition) is 6. The second-order valence-electron chi connectivity index (χ2n) is 5.89. The smallest absolute Gasteiger partial charge is 0.329 e. The lowest BCUT2D eigenvalue weighted by Gasteiger charge is -2.38. The van der Waals surface area contributed by atoms with Crippen molar-refractivity contribution in [2.24, 2.45) is 0 Å². The summed E-state index contributed by atoms with van der Waals surface area (Å²) in [6.45, 7) is 0. The third-order valence-corrected chi connectivity index (χ3v) is 4.41. The van der Waals surface area contributed by atoms with E-state index in [1.165, 1.54) is 0 Å². The quantitative estimate of drug-likeness (QED) is 0.761. The third kappa shape index (κ3) is 2.34. The molecule has 1 aliphatic carbocycles. The second kappa shape index (κ2) is 5.52. The zero-order valence-electron chi connectivity index (χ0n) is 12.8.